The first-order chi connectivity index (χ1) is 19.5. The fraction of sp³-hybridized carbons (Fsp3) is 0.357. The Bertz CT molecular complexity index is 1330. The number of para-hydroxylation sites is 1. The largest absolute Gasteiger partial charge is 0.416 e. The molecule has 8 N–H and O–H groups in total. The van der Waals surface area contributed by atoms with Crippen molar-refractivity contribution in [2.45, 2.75) is 37.5 Å². The maximum absolute atomic E-state index is 13.3. The first-order valence-corrected chi connectivity index (χ1v) is 13.1. The third kappa shape index (κ3) is 9.23. The summed E-state index contributed by atoms with van der Waals surface area (Å²) in [5.41, 5.74) is 17.8. The van der Waals surface area contributed by atoms with E-state index in [2.05, 4.69) is 15.6 Å². The average Bonchev–Trinajstić information content (AvgIpc) is 2.94. The van der Waals surface area contributed by atoms with Crippen molar-refractivity contribution >= 4 is 34.3 Å². The lowest BCUT2D eigenvalue weighted by Crippen LogP contribution is -2.51. The second kappa shape index (κ2) is 14.5. The van der Waals surface area contributed by atoms with Crippen LogP contribution in [0.5, 0.6) is 0 Å². The fourth-order valence-electron chi connectivity index (χ4n) is 4.16. The van der Waals surface area contributed by atoms with Crippen molar-refractivity contribution in [2.75, 3.05) is 31.5 Å². The topological polar surface area (TPSA) is 169 Å². The van der Waals surface area contributed by atoms with Crippen molar-refractivity contribution in [1.29, 1.82) is 0 Å². The summed E-state index contributed by atoms with van der Waals surface area (Å²) in [6.45, 7) is 1.14. The fourth-order valence-corrected chi connectivity index (χ4v) is 4.16. The monoisotopic (exact) mass is 573 g/mol. The number of nitrogens with one attached hydrogen (secondary N) is 2. The SMILES string of the molecule is NCCN(CCN)C(=O)CCC(N)C(=O)NC(Cc1ccc(C(F)(F)F)cc1)C(=O)Nc1cnc2ccccc2c1. The Morgan fingerprint density at radius 3 is 2.24 bits per heavy atom. The highest BCUT2D eigenvalue weighted by Crippen LogP contribution is 2.29. The summed E-state index contributed by atoms with van der Waals surface area (Å²) >= 11 is 0. The quantitative estimate of drug-likeness (QED) is 0.208. The molecule has 3 aromatic rings. The number of anilines is 1. The minimum atomic E-state index is -4.51. The standard InChI is InChI=1S/C28H34F3N7O3/c29-28(30,31)20-7-5-18(6-8-20)15-24(27(41)36-21-16-19-3-1-2-4-23(19)35-17-21)37-26(40)22(34)9-10-25(39)38(13-11-32)14-12-33/h1-8,16-17,22,24H,9-15,32-34H2,(H,36,41)(H,37,40). The van der Waals surface area contributed by atoms with E-state index in [1.807, 2.05) is 24.3 Å². The van der Waals surface area contributed by atoms with E-state index in [9.17, 15) is 27.6 Å². The molecule has 0 saturated heterocycles. The van der Waals surface area contributed by atoms with Gasteiger partial charge in [-0.25, -0.2) is 0 Å². The van der Waals surface area contributed by atoms with E-state index >= 15 is 0 Å². The molecule has 1 aromatic heterocycles. The van der Waals surface area contributed by atoms with Gasteiger partial charge in [-0.3, -0.25) is 19.4 Å². The Morgan fingerprint density at radius 1 is 0.951 bits per heavy atom. The minimum absolute atomic E-state index is 0.000473. The van der Waals surface area contributed by atoms with Gasteiger partial charge < -0.3 is 32.7 Å². The molecule has 10 nitrogen and oxygen atoms in total. The van der Waals surface area contributed by atoms with E-state index in [1.54, 1.807) is 6.07 Å². The van der Waals surface area contributed by atoms with E-state index < -0.39 is 35.6 Å². The number of carbonyl (C=O) groups is 3. The molecule has 0 aliphatic heterocycles. The molecule has 0 aliphatic rings. The number of hydrogen-bond donors (Lipinski definition) is 5. The molecule has 3 rings (SSSR count). The van der Waals surface area contributed by atoms with Crippen LogP contribution in [-0.4, -0.2) is 65.9 Å². The van der Waals surface area contributed by atoms with Crippen LogP contribution in [0.2, 0.25) is 0 Å². The van der Waals surface area contributed by atoms with Gasteiger partial charge >= 0.3 is 6.18 Å². The first kappa shape index (κ1) is 31.5. The number of fused-ring (bicyclic) bond motifs is 1. The maximum atomic E-state index is 13.3. The highest BCUT2D eigenvalue weighted by atomic mass is 19.4. The summed E-state index contributed by atoms with van der Waals surface area (Å²) in [5, 5.41) is 6.07. The lowest BCUT2D eigenvalue weighted by Gasteiger charge is -2.23. The van der Waals surface area contributed by atoms with Crippen molar-refractivity contribution in [1.82, 2.24) is 15.2 Å². The third-order valence-corrected chi connectivity index (χ3v) is 6.37. The molecule has 0 saturated carbocycles. The number of nitrogens with two attached hydrogens (primary N) is 3. The molecule has 3 amide bonds. The lowest BCUT2D eigenvalue weighted by molar-refractivity contribution is -0.137. The molecule has 2 unspecified atom stereocenters. The van der Waals surface area contributed by atoms with Gasteiger partial charge in [0.1, 0.15) is 6.04 Å². The molecule has 2 atom stereocenters. The van der Waals surface area contributed by atoms with Crippen LogP contribution in [0.4, 0.5) is 18.9 Å². The van der Waals surface area contributed by atoms with Crippen molar-refractivity contribution in [3.8, 4) is 0 Å². The first-order valence-electron chi connectivity index (χ1n) is 13.1. The van der Waals surface area contributed by atoms with E-state index in [0.717, 1.165) is 23.0 Å². The van der Waals surface area contributed by atoms with Crippen LogP contribution >= 0.6 is 0 Å². The highest BCUT2D eigenvalue weighted by molar-refractivity contribution is 5.99. The van der Waals surface area contributed by atoms with Crippen LogP contribution in [-0.2, 0) is 27.0 Å². The molecule has 0 bridgehead atoms. The summed E-state index contributed by atoms with van der Waals surface area (Å²) < 4.78 is 39.0. The Hall–Kier alpha value is -4.07. The molecular formula is C28H34F3N7O3. The van der Waals surface area contributed by atoms with Gasteiger partial charge in [0.25, 0.3) is 0 Å². The smallest absolute Gasteiger partial charge is 0.343 e. The van der Waals surface area contributed by atoms with Crippen LogP contribution in [0.3, 0.4) is 0 Å². The van der Waals surface area contributed by atoms with E-state index in [-0.39, 0.29) is 38.3 Å². The lowest BCUT2D eigenvalue weighted by atomic mass is 10.0. The number of nitrogens with zero attached hydrogens (tertiary/aromatic N) is 2. The van der Waals surface area contributed by atoms with Gasteiger partial charge in [-0.05, 0) is 36.2 Å². The van der Waals surface area contributed by atoms with E-state index in [0.29, 0.717) is 24.3 Å². The van der Waals surface area contributed by atoms with Crippen molar-refractivity contribution in [3.63, 3.8) is 0 Å². The second-order valence-electron chi connectivity index (χ2n) is 9.47. The molecule has 0 fully saturated rings. The third-order valence-electron chi connectivity index (χ3n) is 6.37. The second-order valence-corrected chi connectivity index (χ2v) is 9.47. The zero-order chi connectivity index (χ0) is 30.0. The van der Waals surface area contributed by atoms with Crippen LogP contribution in [0.15, 0.2) is 60.8 Å². The zero-order valence-corrected chi connectivity index (χ0v) is 22.4. The number of rotatable bonds is 13. The van der Waals surface area contributed by atoms with Crippen LogP contribution < -0.4 is 27.8 Å². The van der Waals surface area contributed by atoms with E-state index in [4.69, 9.17) is 17.2 Å². The summed E-state index contributed by atoms with van der Waals surface area (Å²) in [7, 11) is 0. The number of halogens is 3. The van der Waals surface area contributed by atoms with Gasteiger partial charge in [0.2, 0.25) is 17.7 Å². The van der Waals surface area contributed by atoms with Gasteiger partial charge in [-0.2, -0.15) is 13.2 Å². The predicted molar refractivity (Wildman–Crippen MR) is 149 cm³/mol. The van der Waals surface area contributed by atoms with Gasteiger partial charge in [0.05, 0.1) is 29.0 Å². The maximum Gasteiger partial charge on any atom is 0.416 e. The van der Waals surface area contributed by atoms with Crippen molar-refractivity contribution in [2.24, 2.45) is 17.2 Å². The average molecular weight is 574 g/mol. The Morgan fingerprint density at radius 2 is 1.61 bits per heavy atom. The number of pyridine rings is 1. The zero-order valence-electron chi connectivity index (χ0n) is 22.4. The molecular weight excluding hydrogens is 539 g/mol. The highest BCUT2D eigenvalue weighted by Gasteiger charge is 2.30. The molecule has 0 radical (unpaired) electrons. The number of aromatic nitrogens is 1. The van der Waals surface area contributed by atoms with Gasteiger partial charge in [-0.1, -0.05) is 30.3 Å². The van der Waals surface area contributed by atoms with Crippen LogP contribution in [0.1, 0.15) is 24.0 Å². The Labute approximate surface area is 235 Å². The van der Waals surface area contributed by atoms with Crippen molar-refractivity contribution < 1.29 is 27.6 Å². The molecule has 0 spiro atoms. The summed E-state index contributed by atoms with van der Waals surface area (Å²) in [6.07, 6.45) is -3.19. The number of alkyl halides is 3. The molecule has 0 aliphatic carbocycles. The molecule has 41 heavy (non-hydrogen) atoms. The molecule has 220 valence electrons. The van der Waals surface area contributed by atoms with E-state index in [1.165, 1.54) is 23.2 Å². The molecule has 13 heteroatoms. The molecule has 1 heterocycles. The summed E-state index contributed by atoms with van der Waals surface area (Å²) in [5.74, 6) is -1.56. The Balaban J connectivity index is 1.73. The van der Waals surface area contributed by atoms with Gasteiger partial charge in [0, 0.05) is 44.4 Å². The van der Waals surface area contributed by atoms with Gasteiger partial charge in [0.15, 0.2) is 0 Å². The summed E-state index contributed by atoms with van der Waals surface area (Å²) in [4.78, 5) is 44.5. The van der Waals surface area contributed by atoms with Gasteiger partial charge in [-0.15, -0.1) is 0 Å². The Kier molecular flexibility index (Phi) is 11.1. The number of benzene rings is 2. The molecule has 2 aromatic carbocycles. The number of carbonyl (C=O) groups excluding carboxylic acids is 3. The predicted octanol–water partition coefficient (Wildman–Crippen LogP) is 1.77. The van der Waals surface area contributed by atoms with Crippen LogP contribution in [0, 0.1) is 0 Å². The van der Waals surface area contributed by atoms with Crippen LogP contribution in [0.25, 0.3) is 10.9 Å². The summed E-state index contributed by atoms with van der Waals surface area (Å²) in [6, 6.07) is 11.0. The number of hydrogen-bond acceptors (Lipinski definition) is 7. The van der Waals surface area contributed by atoms with Crippen molar-refractivity contribution in [3.05, 3.63) is 71.9 Å². The number of amides is 3. The normalized spacial score (nSPS) is 12.9. The minimum Gasteiger partial charge on any atom is -0.343 e.